The van der Waals surface area contributed by atoms with Gasteiger partial charge in [0.05, 0.1) is 0 Å². The molecular formula is C30H58N2O2. The van der Waals surface area contributed by atoms with Gasteiger partial charge < -0.3 is 11.5 Å². The van der Waals surface area contributed by atoms with Crippen molar-refractivity contribution >= 4 is 11.8 Å². The average molecular weight is 479 g/mol. The Morgan fingerprint density at radius 2 is 0.676 bits per heavy atom. The van der Waals surface area contributed by atoms with Gasteiger partial charge >= 0.3 is 0 Å². The van der Waals surface area contributed by atoms with Gasteiger partial charge in [0.25, 0.3) is 0 Å². The van der Waals surface area contributed by atoms with Crippen LogP contribution in [0, 0.1) is 0 Å². The molecule has 0 aromatic carbocycles. The van der Waals surface area contributed by atoms with Crippen LogP contribution in [0.4, 0.5) is 0 Å². The standard InChI is InChI=1S/2C15H29NO/c2*1-3-5-7-9-11-14(13-15(16)17)12-10-8-6-4-2/h2*13H,3-12H2,1-2H3,(H2,16,17). The first-order valence-corrected chi connectivity index (χ1v) is 14.4. The number of primary amides is 2. The third-order valence-electron chi connectivity index (χ3n) is 6.10. The zero-order valence-corrected chi connectivity index (χ0v) is 23.3. The summed E-state index contributed by atoms with van der Waals surface area (Å²) in [6.45, 7) is 8.85. The molecule has 0 unspecified atom stereocenters. The third kappa shape index (κ3) is 28.5. The number of hydrogen-bond donors (Lipinski definition) is 2. The molecular weight excluding hydrogens is 420 g/mol. The van der Waals surface area contributed by atoms with Crippen molar-refractivity contribution in [3.8, 4) is 0 Å². The fourth-order valence-corrected chi connectivity index (χ4v) is 4.06. The fraction of sp³-hybridized carbons (Fsp3) is 0.800. The molecule has 0 atom stereocenters. The van der Waals surface area contributed by atoms with E-state index in [4.69, 9.17) is 11.5 Å². The Labute approximate surface area is 212 Å². The van der Waals surface area contributed by atoms with Crippen LogP contribution in [0.25, 0.3) is 0 Å². The van der Waals surface area contributed by atoms with Crippen molar-refractivity contribution in [2.45, 2.75) is 156 Å². The van der Waals surface area contributed by atoms with E-state index in [1.165, 1.54) is 114 Å². The van der Waals surface area contributed by atoms with Crippen molar-refractivity contribution in [3.05, 3.63) is 23.3 Å². The van der Waals surface area contributed by atoms with Crippen molar-refractivity contribution < 1.29 is 9.59 Å². The maximum absolute atomic E-state index is 10.9. The summed E-state index contributed by atoms with van der Waals surface area (Å²) in [4.78, 5) is 21.9. The number of carbonyl (C=O) groups is 2. The molecule has 2 amide bonds. The number of amides is 2. The summed E-state index contributed by atoms with van der Waals surface area (Å²) in [6.07, 6.45) is 27.5. The molecule has 0 aromatic rings. The van der Waals surface area contributed by atoms with Gasteiger partial charge in [-0.3, -0.25) is 9.59 Å². The monoisotopic (exact) mass is 478 g/mol. The summed E-state index contributed by atoms with van der Waals surface area (Å²) < 4.78 is 0. The van der Waals surface area contributed by atoms with Crippen molar-refractivity contribution in [3.63, 3.8) is 0 Å². The summed E-state index contributed by atoms with van der Waals surface area (Å²) in [6, 6.07) is 0. The van der Waals surface area contributed by atoms with Crippen LogP contribution in [0.15, 0.2) is 23.3 Å². The Balaban J connectivity index is 0. The van der Waals surface area contributed by atoms with Gasteiger partial charge in [-0.05, 0) is 51.4 Å². The number of unbranched alkanes of at least 4 members (excludes halogenated alkanes) is 12. The second-order valence-corrected chi connectivity index (χ2v) is 9.65. The summed E-state index contributed by atoms with van der Waals surface area (Å²) in [7, 11) is 0. The molecule has 0 aliphatic rings. The molecule has 0 aromatic heterocycles. The van der Waals surface area contributed by atoms with E-state index in [-0.39, 0.29) is 11.8 Å². The number of allylic oxidation sites excluding steroid dienone is 2. The Morgan fingerprint density at radius 1 is 0.441 bits per heavy atom. The van der Waals surface area contributed by atoms with E-state index in [0.717, 1.165) is 25.7 Å². The second-order valence-electron chi connectivity index (χ2n) is 9.65. The van der Waals surface area contributed by atoms with E-state index >= 15 is 0 Å². The first-order chi connectivity index (χ1) is 16.4. The number of carbonyl (C=O) groups excluding carboxylic acids is 2. The highest BCUT2D eigenvalue weighted by atomic mass is 16.1. The predicted molar refractivity (Wildman–Crippen MR) is 150 cm³/mol. The molecule has 200 valence electrons. The average Bonchev–Trinajstić information content (AvgIpc) is 2.79. The van der Waals surface area contributed by atoms with Crippen molar-refractivity contribution in [2.75, 3.05) is 0 Å². The molecule has 34 heavy (non-hydrogen) atoms. The third-order valence-corrected chi connectivity index (χ3v) is 6.10. The molecule has 0 saturated carbocycles. The lowest BCUT2D eigenvalue weighted by Crippen LogP contribution is -2.07. The zero-order chi connectivity index (χ0) is 25.9. The molecule has 4 N–H and O–H groups in total. The highest BCUT2D eigenvalue weighted by Gasteiger charge is 2.02. The minimum Gasteiger partial charge on any atom is -0.366 e. The molecule has 0 heterocycles. The molecule has 0 spiro atoms. The normalized spacial score (nSPS) is 10.2. The molecule has 0 aliphatic heterocycles. The van der Waals surface area contributed by atoms with Crippen LogP contribution in [0.5, 0.6) is 0 Å². The number of hydrogen-bond acceptors (Lipinski definition) is 2. The Kier molecular flexibility index (Phi) is 28.1. The van der Waals surface area contributed by atoms with Gasteiger partial charge in [0.15, 0.2) is 0 Å². The Hall–Kier alpha value is -1.58. The van der Waals surface area contributed by atoms with Gasteiger partial charge in [-0.15, -0.1) is 0 Å². The molecule has 0 radical (unpaired) electrons. The molecule has 0 bridgehead atoms. The van der Waals surface area contributed by atoms with E-state index in [0.29, 0.717) is 0 Å². The SMILES string of the molecule is CCCCCCC(=CC(N)=O)CCCCCC.CCCCCCC(=CC(N)=O)CCCCCC. The largest absolute Gasteiger partial charge is 0.366 e. The summed E-state index contributed by atoms with van der Waals surface area (Å²) >= 11 is 0. The number of rotatable bonds is 22. The summed E-state index contributed by atoms with van der Waals surface area (Å²) in [5.41, 5.74) is 13.0. The van der Waals surface area contributed by atoms with Crippen LogP contribution in [0.2, 0.25) is 0 Å². The van der Waals surface area contributed by atoms with E-state index in [1.807, 2.05) is 0 Å². The highest BCUT2D eigenvalue weighted by Crippen LogP contribution is 2.18. The molecule has 0 rings (SSSR count). The summed E-state index contributed by atoms with van der Waals surface area (Å²) in [5.74, 6) is -0.572. The van der Waals surface area contributed by atoms with Gasteiger partial charge in [0.1, 0.15) is 0 Å². The van der Waals surface area contributed by atoms with Crippen LogP contribution >= 0.6 is 0 Å². The van der Waals surface area contributed by atoms with Gasteiger partial charge in [-0.25, -0.2) is 0 Å². The predicted octanol–water partition coefficient (Wildman–Crippen LogP) is 8.68. The van der Waals surface area contributed by atoms with E-state index in [9.17, 15) is 9.59 Å². The molecule has 0 saturated heterocycles. The molecule has 0 aliphatic carbocycles. The van der Waals surface area contributed by atoms with Crippen molar-refractivity contribution in [2.24, 2.45) is 11.5 Å². The van der Waals surface area contributed by atoms with Crippen LogP contribution in [0.3, 0.4) is 0 Å². The molecule has 4 heteroatoms. The van der Waals surface area contributed by atoms with Crippen LogP contribution < -0.4 is 11.5 Å². The Morgan fingerprint density at radius 3 is 0.853 bits per heavy atom. The maximum atomic E-state index is 10.9. The van der Waals surface area contributed by atoms with Crippen molar-refractivity contribution in [1.29, 1.82) is 0 Å². The summed E-state index contributed by atoms with van der Waals surface area (Å²) in [5, 5.41) is 0. The van der Waals surface area contributed by atoms with E-state index in [2.05, 4.69) is 27.7 Å². The first-order valence-electron chi connectivity index (χ1n) is 14.4. The number of nitrogens with two attached hydrogens (primary N) is 2. The highest BCUT2D eigenvalue weighted by molar-refractivity contribution is 5.86. The van der Waals surface area contributed by atoms with Gasteiger partial charge in [0.2, 0.25) is 11.8 Å². The van der Waals surface area contributed by atoms with Gasteiger partial charge in [-0.2, -0.15) is 0 Å². The lowest BCUT2D eigenvalue weighted by atomic mass is 10.00. The Bertz CT molecular complexity index is 462. The lowest BCUT2D eigenvalue weighted by molar-refractivity contribution is -0.114. The van der Waals surface area contributed by atoms with E-state index in [1.54, 1.807) is 12.2 Å². The maximum Gasteiger partial charge on any atom is 0.241 e. The molecule has 0 fully saturated rings. The topological polar surface area (TPSA) is 86.2 Å². The van der Waals surface area contributed by atoms with Gasteiger partial charge in [-0.1, -0.05) is 116 Å². The zero-order valence-electron chi connectivity index (χ0n) is 23.3. The van der Waals surface area contributed by atoms with E-state index < -0.39 is 0 Å². The van der Waals surface area contributed by atoms with Crippen LogP contribution in [-0.2, 0) is 9.59 Å². The molecule has 4 nitrogen and oxygen atoms in total. The van der Waals surface area contributed by atoms with Crippen LogP contribution in [0.1, 0.15) is 156 Å². The smallest absolute Gasteiger partial charge is 0.241 e. The van der Waals surface area contributed by atoms with Crippen LogP contribution in [-0.4, -0.2) is 11.8 Å². The fourth-order valence-electron chi connectivity index (χ4n) is 4.06. The minimum absolute atomic E-state index is 0.286. The second kappa shape index (κ2) is 27.7. The lowest BCUT2D eigenvalue weighted by Gasteiger charge is -2.06. The van der Waals surface area contributed by atoms with Gasteiger partial charge in [0, 0.05) is 12.2 Å². The quantitative estimate of drug-likeness (QED) is 0.120. The first kappa shape index (κ1) is 34.6. The minimum atomic E-state index is -0.286. The van der Waals surface area contributed by atoms with Crippen molar-refractivity contribution in [1.82, 2.24) is 0 Å².